The van der Waals surface area contributed by atoms with Crippen LogP contribution in [0.3, 0.4) is 0 Å². The van der Waals surface area contributed by atoms with Crippen LogP contribution in [-0.2, 0) is 0 Å². The number of nitrogens with zero attached hydrogens (tertiary/aromatic N) is 1. The lowest BCUT2D eigenvalue weighted by molar-refractivity contribution is 0.0918. The number of rotatable bonds is 4. The Labute approximate surface area is 118 Å². The Balaban J connectivity index is 2.20. The summed E-state index contributed by atoms with van der Waals surface area (Å²) in [6.45, 7) is 1.48. The first kappa shape index (κ1) is 14.5. The van der Waals surface area contributed by atoms with E-state index in [1.165, 1.54) is 11.4 Å². The lowest BCUT2D eigenvalue weighted by Crippen LogP contribution is -2.35. The Morgan fingerprint density at radius 3 is 2.85 bits per heavy atom. The van der Waals surface area contributed by atoms with E-state index in [0.29, 0.717) is 10.6 Å². The summed E-state index contributed by atoms with van der Waals surface area (Å²) in [7, 11) is 0. The van der Waals surface area contributed by atoms with Gasteiger partial charge in [0.1, 0.15) is 10.7 Å². The molecule has 0 radical (unpaired) electrons. The Bertz CT molecular complexity index is 631. The first-order valence-corrected chi connectivity index (χ1v) is 6.72. The fraction of sp³-hybridized carbons (Fsp3) is 0.231. The molecule has 0 fully saturated rings. The van der Waals surface area contributed by atoms with Crippen molar-refractivity contribution >= 4 is 17.2 Å². The average molecular weight is 298 g/mol. The molecule has 1 aromatic carbocycles. The molecule has 0 saturated carbocycles. The Kier molecular flexibility index (Phi) is 4.41. The van der Waals surface area contributed by atoms with Crippen LogP contribution in [0, 0.1) is 11.6 Å². The number of aliphatic hydroxyl groups is 1. The van der Waals surface area contributed by atoms with Gasteiger partial charge in [-0.2, -0.15) is 0 Å². The zero-order valence-electron chi connectivity index (χ0n) is 10.6. The molecule has 7 heteroatoms. The van der Waals surface area contributed by atoms with Crippen LogP contribution in [0.5, 0.6) is 0 Å². The van der Waals surface area contributed by atoms with Gasteiger partial charge in [0.2, 0.25) is 0 Å². The van der Waals surface area contributed by atoms with Crippen molar-refractivity contribution in [2.45, 2.75) is 13.0 Å². The van der Waals surface area contributed by atoms with Crippen molar-refractivity contribution in [1.29, 1.82) is 0 Å². The Morgan fingerprint density at radius 1 is 1.45 bits per heavy atom. The average Bonchev–Trinajstić information content (AvgIpc) is 2.91. The van der Waals surface area contributed by atoms with E-state index in [1.807, 2.05) is 0 Å². The summed E-state index contributed by atoms with van der Waals surface area (Å²) >= 11 is 1.16. The molecule has 0 aliphatic heterocycles. The second-order valence-corrected chi connectivity index (χ2v) is 5.08. The fourth-order valence-corrected chi connectivity index (χ4v) is 2.28. The van der Waals surface area contributed by atoms with Crippen LogP contribution in [0.25, 0.3) is 10.6 Å². The van der Waals surface area contributed by atoms with E-state index in [1.54, 1.807) is 6.92 Å². The van der Waals surface area contributed by atoms with Crippen LogP contribution in [0.4, 0.5) is 8.78 Å². The van der Waals surface area contributed by atoms with E-state index in [9.17, 15) is 13.6 Å². The number of halogens is 2. The number of carbonyl (C=O) groups is 1. The van der Waals surface area contributed by atoms with Gasteiger partial charge in [0.05, 0.1) is 6.61 Å². The highest BCUT2D eigenvalue weighted by Gasteiger charge is 2.14. The zero-order chi connectivity index (χ0) is 14.7. The monoisotopic (exact) mass is 298 g/mol. The summed E-state index contributed by atoms with van der Waals surface area (Å²) in [6.07, 6.45) is 0. The van der Waals surface area contributed by atoms with Crippen LogP contribution in [0.1, 0.15) is 17.4 Å². The second-order valence-electron chi connectivity index (χ2n) is 4.22. The van der Waals surface area contributed by atoms with Gasteiger partial charge < -0.3 is 10.4 Å². The highest BCUT2D eigenvalue weighted by molar-refractivity contribution is 7.13. The minimum absolute atomic E-state index is 0.175. The van der Waals surface area contributed by atoms with Crippen molar-refractivity contribution in [1.82, 2.24) is 10.3 Å². The summed E-state index contributed by atoms with van der Waals surface area (Å²) in [4.78, 5) is 15.8. The molecule has 1 aromatic heterocycles. The molecule has 0 bridgehead atoms. The van der Waals surface area contributed by atoms with Gasteiger partial charge in [0, 0.05) is 17.0 Å². The molecular weight excluding hydrogens is 286 g/mol. The maximum Gasteiger partial charge on any atom is 0.271 e. The predicted octanol–water partition coefficient (Wildman–Crippen LogP) is 2.20. The summed E-state index contributed by atoms with van der Waals surface area (Å²) in [5.74, 6) is -2.31. The van der Waals surface area contributed by atoms with E-state index in [4.69, 9.17) is 5.11 Å². The normalized spacial score (nSPS) is 12.2. The third-order valence-electron chi connectivity index (χ3n) is 2.55. The molecule has 0 spiro atoms. The lowest BCUT2D eigenvalue weighted by Gasteiger charge is -2.08. The van der Waals surface area contributed by atoms with E-state index < -0.39 is 17.5 Å². The molecule has 0 aliphatic rings. The SMILES string of the molecule is CC(CO)NC(=O)c1csc(-c2ccc(F)c(F)c2)n1. The highest BCUT2D eigenvalue weighted by atomic mass is 32.1. The smallest absolute Gasteiger partial charge is 0.271 e. The standard InChI is InChI=1S/C13H12F2N2O2S/c1-7(5-18)16-12(19)11-6-20-13(17-11)8-2-3-9(14)10(15)4-8/h2-4,6-7,18H,5H2,1H3,(H,16,19). The predicted molar refractivity (Wildman–Crippen MR) is 71.5 cm³/mol. The number of nitrogens with one attached hydrogen (secondary N) is 1. The molecule has 2 rings (SSSR count). The summed E-state index contributed by atoms with van der Waals surface area (Å²) < 4.78 is 26.0. The van der Waals surface area contributed by atoms with Crippen LogP contribution in [0.15, 0.2) is 23.6 Å². The summed E-state index contributed by atoms with van der Waals surface area (Å²) in [6, 6.07) is 3.07. The number of carbonyl (C=O) groups excluding carboxylic acids is 1. The number of amides is 1. The van der Waals surface area contributed by atoms with Crippen molar-refractivity contribution in [3.63, 3.8) is 0 Å². The van der Waals surface area contributed by atoms with Gasteiger partial charge >= 0.3 is 0 Å². The molecular formula is C13H12F2N2O2S. The van der Waals surface area contributed by atoms with Crippen LogP contribution in [-0.4, -0.2) is 28.6 Å². The van der Waals surface area contributed by atoms with Crippen molar-refractivity contribution < 1.29 is 18.7 Å². The van der Waals surface area contributed by atoms with E-state index in [0.717, 1.165) is 23.5 Å². The molecule has 4 nitrogen and oxygen atoms in total. The van der Waals surface area contributed by atoms with Gasteiger partial charge in [-0.05, 0) is 25.1 Å². The number of hydrogen-bond acceptors (Lipinski definition) is 4. The lowest BCUT2D eigenvalue weighted by atomic mass is 10.2. The highest BCUT2D eigenvalue weighted by Crippen LogP contribution is 2.25. The third-order valence-corrected chi connectivity index (χ3v) is 3.45. The van der Waals surface area contributed by atoms with Gasteiger partial charge in [0.15, 0.2) is 11.6 Å². The van der Waals surface area contributed by atoms with Crippen molar-refractivity contribution in [3.8, 4) is 10.6 Å². The van der Waals surface area contributed by atoms with E-state index in [-0.39, 0.29) is 18.3 Å². The molecule has 0 aliphatic carbocycles. The number of benzene rings is 1. The molecule has 2 aromatic rings. The Morgan fingerprint density at radius 2 is 2.20 bits per heavy atom. The largest absolute Gasteiger partial charge is 0.394 e. The molecule has 0 saturated heterocycles. The minimum Gasteiger partial charge on any atom is -0.394 e. The number of hydrogen-bond donors (Lipinski definition) is 2. The van der Waals surface area contributed by atoms with Gasteiger partial charge in [-0.3, -0.25) is 4.79 Å². The van der Waals surface area contributed by atoms with Gasteiger partial charge in [-0.15, -0.1) is 11.3 Å². The van der Waals surface area contributed by atoms with Gasteiger partial charge in [-0.1, -0.05) is 0 Å². The first-order chi connectivity index (χ1) is 9.51. The van der Waals surface area contributed by atoms with E-state index in [2.05, 4.69) is 10.3 Å². The number of aromatic nitrogens is 1. The Hall–Kier alpha value is -1.86. The van der Waals surface area contributed by atoms with Crippen LogP contribution < -0.4 is 5.32 Å². The van der Waals surface area contributed by atoms with Crippen molar-refractivity contribution in [2.24, 2.45) is 0 Å². The molecule has 1 heterocycles. The fourth-order valence-electron chi connectivity index (χ4n) is 1.48. The molecule has 1 amide bonds. The number of aliphatic hydroxyl groups excluding tert-OH is 1. The van der Waals surface area contributed by atoms with E-state index >= 15 is 0 Å². The number of thiazole rings is 1. The molecule has 2 N–H and O–H groups in total. The van der Waals surface area contributed by atoms with Crippen LogP contribution in [0.2, 0.25) is 0 Å². The zero-order valence-corrected chi connectivity index (χ0v) is 11.4. The second kappa shape index (κ2) is 6.06. The quantitative estimate of drug-likeness (QED) is 0.909. The maximum atomic E-state index is 13.1. The van der Waals surface area contributed by atoms with Crippen molar-refractivity contribution in [2.75, 3.05) is 6.61 Å². The molecule has 106 valence electrons. The maximum absolute atomic E-state index is 13.1. The third kappa shape index (κ3) is 3.17. The molecule has 1 atom stereocenters. The van der Waals surface area contributed by atoms with Crippen LogP contribution >= 0.6 is 11.3 Å². The molecule has 1 unspecified atom stereocenters. The van der Waals surface area contributed by atoms with Gasteiger partial charge in [-0.25, -0.2) is 13.8 Å². The summed E-state index contributed by atoms with van der Waals surface area (Å²) in [5.41, 5.74) is 0.582. The summed E-state index contributed by atoms with van der Waals surface area (Å²) in [5, 5.41) is 13.4. The first-order valence-electron chi connectivity index (χ1n) is 5.84. The van der Waals surface area contributed by atoms with Crippen molar-refractivity contribution in [3.05, 3.63) is 40.9 Å². The minimum atomic E-state index is -0.961. The topological polar surface area (TPSA) is 62.2 Å². The van der Waals surface area contributed by atoms with Gasteiger partial charge in [0.25, 0.3) is 5.91 Å². The molecule has 20 heavy (non-hydrogen) atoms.